The molecule has 6 heteroatoms. The molecule has 1 amide bonds. The number of carbonyl (C=O) groups excluding carboxylic acids is 1. The quantitative estimate of drug-likeness (QED) is 0.848. The number of anilines is 1. The van der Waals surface area contributed by atoms with Crippen LogP contribution < -0.4 is 4.90 Å². The van der Waals surface area contributed by atoms with Crippen LogP contribution in [0.5, 0.6) is 0 Å². The molecule has 5 nitrogen and oxygen atoms in total. The lowest BCUT2D eigenvalue weighted by Crippen LogP contribution is -2.35. The lowest BCUT2D eigenvalue weighted by atomic mass is 9.97. The van der Waals surface area contributed by atoms with Gasteiger partial charge in [0.1, 0.15) is 0 Å². The van der Waals surface area contributed by atoms with Crippen molar-refractivity contribution in [3.63, 3.8) is 0 Å². The van der Waals surface area contributed by atoms with E-state index in [1.165, 1.54) is 4.31 Å². The highest BCUT2D eigenvalue weighted by molar-refractivity contribution is 7.89. The summed E-state index contributed by atoms with van der Waals surface area (Å²) in [7, 11) is -1.90. The maximum Gasteiger partial charge on any atom is 0.242 e. The first-order valence-electron chi connectivity index (χ1n) is 7.98. The second-order valence-electron chi connectivity index (χ2n) is 7.32. The number of nitrogens with zero attached hydrogens (tertiary/aromatic N) is 2. The summed E-state index contributed by atoms with van der Waals surface area (Å²) in [6.07, 6.45) is 2.48. The van der Waals surface area contributed by atoms with Gasteiger partial charge in [-0.3, -0.25) is 4.79 Å². The number of hydrogen-bond acceptors (Lipinski definition) is 3. The van der Waals surface area contributed by atoms with Gasteiger partial charge in [-0.15, -0.1) is 0 Å². The molecule has 1 saturated heterocycles. The minimum absolute atomic E-state index is 0.108. The molecule has 0 aliphatic carbocycles. The minimum Gasteiger partial charge on any atom is -0.312 e. The van der Waals surface area contributed by atoms with Crippen molar-refractivity contribution in [2.45, 2.75) is 44.9 Å². The molecule has 0 atom stereocenters. The highest BCUT2D eigenvalue weighted by atomic mass is 32.2. The summed E-state index contributed by atoms with van der Waals surface area (Å²) in [5.41, 5.74) is 0.661. The first-order valence-corrected chi connectivity index (χ1v) is 9.42. The number of carbonyl (C=O) groups is 1. The summed E-state index contributed by atoms with van der Waals surface area (Å²) >= 11 is 0. The third-order valence-electron chi connectivity index (χ3n) is 3.88. The van der Waals surface area contributed by atoms with E-state index in [9.17, 15) is 13.2 Å². The van der Waals surface area contributed by atoms with E-state index in [-0.39, 0.29) is 16.2 Å². The standard InChI is InChI=1S/C17H26N2O3S/c1-17(2,3)13-18(4)23(21,22)15-10-8-14(9-11-15)19-12-6-5-7-16(19)20/h8-11H,5-7,12-13H2,1-4H3. The van der Waals surface area contributed by atoms with Crippen molar-refractivity contribution >= 4 is 21.6 Å². The number of sulfonamides is 1. The van der Waals surface area contributed by atoms with Gasteiger partial charge in [0, 0.05) is 32.2 Å². The molecular formula is C17H26N2O3S. The smallest absolute Gasteiger partial charge is 0.242 e. The molecule has 23 heavy (non-hydrogen) atoms. The van der Waals surface area contributed by atoms with Gasteiger partial charge in [-0.2, -0.15) is 0 Å². The number of piperidine rings is 1. The Morgan fingerprint density at radius 1 is 1.13 bits per heavy atom. The Hall–Kier alpha value is -1.40. The van der Waals surface area contributed by atoms with Crippen LogP contribution >= 0.6 is 0 Å². The fraction of sp³-hybridized carbons (Fsp3) is 0.588. The largest absolute Gasteiger partial charge is 0.312 e. The first kappa shape index (κ1) is 17.9. The van der Waals surface area contributed by atoms with Crippen LogP contribution in [0.15, 0.2) is 29.2 Å². The van der Waals surface area contributed by atoms with Gasteiger partial charge in [0.25, 0.3) is 0 Å². The first-order chi connectivity index (χ1) is 10.6. The summed E-state index contributed by atoms with van der Waals surface area (Å²) in [5, 5.41) is 0. The Kier molecular flexibility index (Phi) is 5.16. The van der Waals surface area contributed by atoms with Crippen molar-refractivity contribution < 1.29 is 13.2 Å². The molecular weight excluding hydrogens is 312 g/mol. The van der Waals surface area contributed by atoms with E-state index < -0.39 is 10.0 Å². The SMILES string of the molecule is CN(CC(C)(C)C)S(=O)(=O)c1ccc(N2CCCCC2=O)cc1. The van der Waals surface area contributed by atoms with E-state index in [4.69, 9.17) is 0 Å². The van der Waals surface area contributed by atoms with E-state index >= 15 is 0 Å². The summed E-state index contributed by atoms with van der Waals surface area (Å²) in [6, 6.07) is 6.62. The minimum atomic E-state index is -3.50. The van der Waals surface area contributed by atoms with Crippen molar-refractivity contribution in [2.24, 2.45) is 5.41 Å². The summed E-state index contributed by atoms with van der Waals surface area (Å²) in [4.78, 5) is 13.9. The monoisotopic (exact) mass is 338 g/mol. The second kappa shape index (κ2) is 6.61. The zero-order valence-corrected chi connectivity index (χ0v) is 15.2. The predicted molar refractivity (Wildman–Crippen MR) is 91.9 cm³/mol. The Morgan fingerprint density at radius 3 is 2.26 bits per heavy atom. The fourth-order valence-electron chi connectivity index (χ4n) is 2.81. The van der Waals surface area contributed by atoms with Crippen molar-refractivity contribution in [1.29, 1.82) is 0 Å². The van der Waals surface area contributed by atoms with Gasteiger partial charge in [-0.25, -0.2) is 12.7 Å². The Bertz CT molecular complexity index is 660. The fourth-order valence-corrected chi connectivity index (χ4v) is 4.21. The molecule has 0 saturated carbocycles. The second-order valence-corrected chi connectivity index (χ2v) is 9.36. The molecule has 1 fully saturated rings. The van der Waals surface area contributed by atoms with Crippen molar-refractivity contribution in [3.8, 4) is 0 Å². The molecule has 1 aromatic carbocycles. The molecule has 2 rings (SSSR count). The third kappa shape index (κ3) is 4.32. The van der Waals surface area contributed by atoms with Gasteiger partial charge in [0.2, 0.25) is 15.9 Å². The Balaban J connectivity index is 2.19. The van der Waals surface area contributed by atoms with Crippen LogP contribution in [0.3, 0.4) is 0 Å². The average Bonchev–Trinajstić information content (AvgIpc) is 2.46. The maximum atomic E-state index is 12.6. The van der Waals surface area contributed by atoms with Gasteiger partial charge >= 0.3 is 0 Å². The highest BCUT2D eigenvalue weighted by Gasteiger charge is 2.26. The van der Waals surface area contributed by atoms with Crippen LogP contribution in [-0.2, 0) is 14.8 Å². The zero-order chi connectivity index (χ0) is 17.3. The van der Waals surface area contributed by atoms with Crippen LogP contribution in [0, 0.1) is 5.41 Å². The van der Waals surface area contributed by atoms with E-state index in [0.29, 0.717) is 19.5 Å². The molecule has 0 spiro atoms. The van der Waals surface area contributed by atoms with Gasteiger partial charge in [0.15, 0.2) is 0 Å². The van der Waals surface area contributed by atoms with Crippen molar-refractivity contribution in [1.82, 2.24) is 4.31 Å². The maximum absolute atomic E-state index is 12.6. The molecule has 128 valence electrons. The topological polar surface area (TPSA) is 57.7 Å². The predicted octanol–water partition coefficient (Wildman–Crippen LogP) is 2.87. The van der Waals surface area contributed by atoms with Crippen molar-refractivity contribution in [2.75, 3.05) is 25.0 Å². The van der Waals surface area contributed by atoms with E-state index in [0.717, 1.165) is 18.5 Å². The zero-order valence-electron chi connectivity index (χ0n) is 14.4. The lowest BCUT2D eigenvalue weighted by Gasteiger charge is -2.28. The van der Waals surface area contributed by atoms with E-state index in [1.807, 2.05) is 20.8 Å². The number of rotatable bonds is 4. The molecule has 0 aromatic heterocycles. The van der Waals surface area contributed by atoms with Gasteiger partial charge in [0.05, 0.1) is 4.90 Å². The van der Waals surface area contributed by atoms with Gasteiger partial charge < -0.3 is 4.90 Å². The molecule has 1 aromatic rings. The van der Waals surface area contributed by atoms with E-state index in [1.54, 1.807) is 36.2 Å². The molecule has 0 radical (unpaired) electrons. The highest BCUT2D eigenvalue weighted by Crippen LogP contribution is 2.25. The molecule has 1 heterocycles. The summed E-state index contributed by atoms with van der Waals surface area (Å²) < 4.78 is 26.6. The van der Waals surface area contributed by atoms with Crippen LogP contribution in [0.25, 0.3) is 0 Å². The van der Waals surface area contributed by atoms with Crippen molar-refractivity contribution in [3.05, 3.63) is 24.3 Å². The Morgan fingerprint density at radius 2 is 1.74 bits per heavy atom. The van der Waals surface area contributed by atoms with Gasteiger partial charge in [-0.05, 0) is 42.5 Å². The molecule has 0 unspecified atom stereocenters. The van der Waals surface area contributed by atoms with Crippen LogP contribution in [0.1, 0.15) is 40.0 Å². The molecule has 1 aliphatic heterocycles. The summed E-state index contributed by atoms with van der Waals surface area (Å²) in [5.74, 6) is 0.108. The molecule has 0 N–H and O–H groups in total. The number of benzene rings is 1. The van der Waals surface area contributed by atoms with Gasteiger partial charge in [-0.1, -0.05) is 20.8 Å². The Labute approximate surface area is 139 Å². The lowest BCUT2D eigenvalue weighted by molar-refractivity contribution is -0.119. The molecule has 0 bridgehead atoms. The normalized spacial score (nSPS) is 16.9. The average molecular weight is 338 g/mol. The summed E-state index contributed by atoms with van der Waals surface area (Å²) in [6.45, 7) is 7.16. The van der Waals surface area contributed by atoms with Crippen LogP contribution in [0.4, 0.5) is 5.69 Å². The molecule has 1 aliphatic rings. The van der Waals surface area contributed by atoms with E-state index in [2.05, 4.69) is 0 Å². The number of amides is 1. The van der Waals surface area contributed by atoms with Crippen LogP contribution in [-0.4, -0.2) is 38.8 Å². The number of hydrogen-bond donors (Lipinski definition) is 0. The third-order valence-corrected chi connectivity index (χ3v) is 5.69. The van der Waals surface area contributed by atoms with Crippen LogP contribution in [0.2, 0.25) is 0 Å².